The predicted molar refractivity (Wildman–Crippen MR) is 104 cm³/mol. The number of carbonyl (C=O) groups excluding carboxylic acids is 1. The Labute approximate surface area is 157 Å². The van der Waals surface area contributed by atoms with Gasteiger partial charge in [0, 0.05) is 24.0 Å². The number of benzene rings is 1. The zero-order valence-electron chi connectivity index (χ0n) is 14.7. The van der Waals surface area contributed by atoms with Crippen LogP contribution in [-0.2, 0) is 11.2 Å². The second-order valence-corrected chi connectivity index (χ2v) is 6.80. The van der Waals surface area contributed by atoms with Crippen LogP contribution in [0.15, 0.2) is 36.8 Å². The maximum absolute atomic E-state index is 12.3. The number of aromatic nitrogens is 2. The number of nitrogens with one attached hydrogen (secondary N) is 3. The summed E-state index contributed by atoms with van der Waals surface area (Å²) >= 11 is 1.55. The van der Waals surface area contributed by atoms with E-state index in [2.05, 4.69) is 20.6 Å². The van der Waals surface area contributed by atoms with Gasteiger partial charge in [0.15, 0.2) is 0 Å². The first-order valence-corrected chi connectivity index (χ1v) is 9.83. The molecule has 0 saturated carbocycles. The number of hydrogen-bond acceptors (Lipinski definition) is 5. The van der Waals surface area contributed by atoms with E-state index in [0.29, 0.717) is 17.7 Å². The number of carboxylic acids is 1. The van der Waals surface area contributed by atoms with Gasteiger partial charge in [0.1, 0.15) is 6.04 Å². The third-order valence-electron chi connectivity index (χ3n) is 3.83. The van der Waals surface area contributed by atoms with Crippen molar-refractivity contribution in [1.29, 1.82) is 0 Å². The Morgan fingerprint density at radius 3 is 2.92 bits per heavy atom. The Kier molecular flexibility index (Phi) is 8.01. The average molecular weight is 376 g/mol. The summed E-state index contributed by atoms with van der Waals surface area (Å²) in [6.45, 7) is 0.753. The van der Waals surface area contributed by atoms with Crippen molar-refractivity contribution >= 4 is 29.3 Å². The fraction of sp³-hybridized carbons (Fsp3) is 0.389. The topological polar surface area (TPSA) is 107 Å². The molecule has 0 unspecified atom stereocenters. The molecule has 0 saturated heterocycles. The molecule has 0 spiro atoms. The molecule has 7 nitrogen and oxygen atoms in total. The minimum atomic E-state index is -1.01. The van der Waals surface area contributed by atoms with Crippen LogP contribution in [0.25, 0.3) is 0 Å². The zero-order valence-corrected chi connectivity index (χ0v) is 15.5. The lowest BCUT2D eigenvalue weighted by Crippen LogP contribution is -2.41. The van der Waals surface area contributed by atoms with Crippen molar-refractivity contribution < 1.29 is 14.7 Å². The predicted octanol–water partition coefficient (Wildman–Crippen LogP) is 2.39. The largest absolute Gasteiger partial charge is 0.480 e. The first-order chi connectivity index (χ1) is 12.6. The Hall–Kier alpha value is -2.48. The number of H-pyrrole nitrogens is 1. The maximum Gasteiger partial charge on any atom is 0.326 e. The SMILES string of the molecule is CSCC[C@H](NC(=O)c1cccc(NCCCc2c[nH]cn2)c1)C(=O)O. The van der Waals surface area contributed by atoms with Crippen LogP contribution in [0, 0.1) is 0 Å². The summed E-state index contributed by atoms with van der Waals surface area (Å²) in [5, 5.41) is 15.1. The normalized spacial score (nSPS) is 11.7. The number of thioether (sulfide) groups is 1. The number of anilines is 1. The number of aryl methyl sites for hydroxylation is 1. The van der Waals surface area contributed by atoms with E-state index in [-0.39, 0.29) is 5.91 Å². The summed E-state index contributed by atoms with van der Waals surface area (Å²) in [6, 6.07) is 6.20. The fourth-order valence-corrected chi connectivity index (χ4v) is 2.91. The van der Waals surface area contributed by atoms with Crippen LogP contribution in [-0.4, -0.2) is 51.5 Å². The highest BCUT2D eigenvalue weighted by atomic mass is 32.2. The quantitative estimate of drug-likeness (QED) is 0.449. The number of amides is 1. The van der Waals surface area contributed by atoms with Crippen LogP contribution in [0.1, 0.15) is 28.9 Å². The summed E-state index contributed by atoms with van der Waals surface area (Å²) in [5.74, 6) is -0.715. The van der Waals surface area contributed by atoms with Gasteiger partial charge in [0.05, 0.1) is 12.0 Å². The molecule has 1 amide bonds. The van der Waals surface area contributed by atoms with Gasteiger partial charge in [-0.25, -0.2) is 9.78 Å². The van der Waals surface area contributed by atoms with Crippen LogP contribution < -0.4 is 10.6 Å². The third kappa shape index (κ3) is 6.44. The summed E-state index contributed by atoms with van der Waals surface area (Å²) in [6.07, 6.45) is 7.62. The lowest BCUT2D eigenvalue weighted by Gasteiger charge is -2.14. The number of aliphatic carboxylic acids is 1. The van der Waals surface area contributed by atoms with E-state index in [0.717, 1.165) is 30.8 Å². The van der Waals surface area contributed by atoms with Gasteiger partial charge in [-0.15, -0.1) is 0 Å². The number of aromatic amines is 1. The van der Waals surface area contributed by atoms with Crippen LogP contribution in [0.2, 0.25) is 0 Å². The molecule has 1 atom stereocenters. The number of nitrogens with zero attached hydrogens (tertiary/aromatic N) is 1. The van der Waals surface area contributed by atoms with Gasteiger partial charge < -0.3 is 20.7 Å². The van der Waals surface area contributed by atoms with E-state index < -0.39 is 12.0 Å². The van der Waals surface area contributed by atoms with E-state index in [1.807, 2.05) is 18.5 Å². The molecule has 0 bridgehead atoms. The molecule has 2 rings (SSSR count). The molecule has 1 heterocycles. The summed E-state index contributed by atoms with van der Waals surface area (Å²) in [7, 11) is 0. The van der Waals surface area contributed by atoms with Crippen LogP contribution in [0.3, 0.4) is 0 Å². The molecule has 26 heavy (non-hydrogen) atoms. The van der Waals surface area contributed by atoms with Gasteiger partial charge in [-0.05, 0) is 49.5 Å². The highest BCUT2D eigenvalue weighted by molar-refractivity contribution is 7.98. The highest BCUT2D eigenvalue weighted by Crippen LogP contribution is 2.12. The minimum Gasteiger partial charge on any atom is -0.480 e. The van der Waals surface area contributed by atoms with E-state index in [4.69, 9.17) is 0 Å². The van der Waals surface area contributed by atoms with E-state index in [1.54, 1.807) is 36.3 Å². The van der Waals surface area contributed by atoms with Crippen molar-refractivity contribution in [2.24, 2.45) is 0 Å². The van der Waals surface area contributed by atoms with Crippen molar-refractivity contribution in [3.05, 3.63) is 48.0 Å². The van der Waals surface area contributed by atoms with Gasteiger partial charge in [-0.3, -0.25) is 4.79 Å². The molecule has 1 aromatic heterocycles. The molecule has 4 N–H and O–H groups in total. The van der Waals surface area contributed by atoms with Crippen LogP contribution >= 0.6 is 11.8 Å². The summed E-state index contributed by atoms with van der Waals surface area (Å²) in [5.41, 5.74) is 2.29. The molecule has 1 aromatic carbocycles. The second kappa shape index (κ2) is 10.5. The van der Waals surface area contributed by atoms with E-state index >= 15 is 0 Å². The van der Waals surface area contributed by atoms with Gasteiger partial charge in [-0.1, -0.05) is 6.07 Å². The highest BCUT2D eigenvalue weighted by Gasteiger charge is 2.20. The molecule has 140 valence electrons. The van der Waals surface area contributed by atoms with Crippen molar-refractivity contribution in [3.8, 4) is 0 Å². The standard InChI is InChI=1S/C18H24N4O3S/c1-26-9-7-16(18(24)25)22-17(23)13-4-2-5-14(10-13)20-8-3-6-15-11-19-12-21-15/h2,4-5,10-12,16,20H,3,6-9H2,1H3,(H,19,21)(H,22,23)(H,24,25)/t16-/m0/s1. The van der Waals surface area contributed by atoms with Crippen molar-refractivity contribution in [1.82, 2.24) is 15.3 Å². The molecular weight excluding hydrogens is 352 g/mol. The Balaban J connectivity index is 1.86. The van der Waals surface area contributed by atoms with Crippen molar-refractivity contribution in [2.45, 2.75) is 25.3 Å². The van der Waals surface area contributed by atoms with Gasteiger partial charge >= 0.3 is 5.97 Å². The maximum atomic E-state index is 12.3. The monoisotopic (exact) mass is 376 g/mol. The first-order valence-electron chi connectivity index (χ1n) is 8.44. The molecular formula is C18H24N4O3S. The second-order valence-electron chi connectivity index (χ2n) is 5.82. The smallest absolute Gasteiger partial charge is 0.326 e. The Morgan fingerprint density at radius 1 is 1.38 bits per heavy atom. The molecule has 0 radical (unpaired) electrons. The molecule has 0 fully saturated rings. The van der Waals surface area contributed by atoms with Crippen LogP contribution in [0.4, 0.5) is 5.69 Å². The van der Waals surface area contributed by atoms with Crippen molar-refractivity contribution in [3.63, 3.8) is 0 Å². The number of hydrogen-bond donors (Lipinski definition) is 4. The van der Waals surface area contributed by atoms with Crippen LogP contribution in [0.5, 0.6) is 0 Å². The molecule has 2 aromatic rings. The fourth-order valence-electron chi connectivity index (χ4n) is 2.43. The number of carbonyl (C=O) groups is 2. The summed E-state index contributed by atoms with van der Waals surface area (Å²) < 4.78 is 0. The van der Waals surface area contributed by atoms with Crippen molar-refractivity contribution in [2.75, 3.05) is 23.9 Å². The van der Waals surface area contributed by atoms with Gasteiger partial charge in [0.2, 0.25) is 0 Å². The Bertz CT molecular complexity index is 706. The number of imidazole rings is 1. The van der Waals surface area contributed by atoms with Gasteiger partial charge in [-0.2, -0.15) is 11.8 Å². The third-order valence-corrected chi connectivity index (χ3v) is 4.48. The Morgan fingerprint density at radius 2 is 2.23 bits per heavy atom. The molecule has 0 aliphatic rings. The first kappa shape index (κ1) is 19.8. The van der Waals surface area contributed by atoms with E-state index in [1.165, 1.54) is 0 Å². The number of carboxylic acid groups (broad SMARTS) is 1. The summed E-state index contributed by atoms with van der Waals surface area (Å²) in [4.78, 5) is 30.7. The average Bonchev–Trinajstić information content (AvgIpc) is 3.15. The lowest BCUT2D eigenvalue weighted by molar-refractivity contribution is -0.139. The zero-order chi connectivity index (χ0) is 18.8. The molecule has 0 aliphatic heterocycles. The molecule has 8 heteroatoms. The number of rotatable bonds is 11. The van der Waals surface area contributed by atoms with E-state index in [9.17, 15) is 14.7 Å². The van der Waals surface area contributed by atoms with Gasteiger partial charge in [0.25, 0.3) is 5.91 Å². The minimum absolute atomic E-state index is 0.376. The lowest BCUT2D eigenvalue weighted by atomic mass is 10.1. The molecule has 0 aliphatic carbocycles.